The van der Waals surface area contributed by atoms with Crippen LogP contribution in [0.1, 0.15) is 19.4 Å². The fourth-order valence-electron chi connectivity index (χ4n) is 11.3. The number of aryl methyl sites for hydroxylation is 2. The maximum atomic E-state index is 8.92. The van der Waals surface area contributed by atoms with E-state index in [2.05, 4.69) is 121 Å². The Hall–Kier alpha value is -10.6. The Morgan fingerprint density at radius 3 is 1.28 bits per heavy atom. The molecule has 14 aromatic rings. The van der Waals surface area contributed by atoms with E-state index >= 15 is 0 Å². The molecule has 0 spiro atoms. The minimum atomic E-state index is -2.50. The van der Waals surface area contributed by atoms with Crippen LogP contribution in [0.25, 0.3) is 145 Å². The zero-order valence-corrected chi connectivity index (χ0v) is 43.9. The van der Waals surface area contributed by atoms with E-state index in [0.29, 0.717) is 39.2 Å². The molecule has 0 amide bonds. The van der Waals surface area contributed by atoms with Crippen molar-refractivity contribution in [3.8, 4) is 123 Å². The van der Waals surface area contributed by atoms with Crippen molar-refractivity contribution < 1.29 is 12.6 Å². The highest BCUT2D eigenvalue weighted by molar-refractivity contribution is 6.13. The van der Waals surface area contributed by atoms with Gasteiger partial charge in [0.05, 0.1) is 17.1 Å². The highest BCUT2D eigenvalue weighted by Gasteiger charge is 2.22. The summed E-state index contributed by atoms with van der Waals surface area (Å²) in [4.78, 5) is 15.0. The second-order valence-electron chi connectivity index (χ2n) is 20.3. The van der Waals surface area contributed by atoms with Crippen LogP contribution in [0.2, 0.25) is 0 Å². The lowest BCUT2D eigenvalue weighted by molar-refractivity contribution is 0.670. The van der Waals surface area contributed by atoms with Gasteiger partial charge in [-0.2, -0.15) is 0 Å². The summed E-state index contributed by atoms with van der Waals surface area (Å²) < 4.78 is 60.4. The SMILES string of the molecule is [2H]C([2H])([2H])c1cc(-c2ccccc2)ncc1-c1ccccc1-c1cc(-c2ccccc2-c2cnc(-c3ccccc3)cc2C([2H])([2H])[2H])cc(-c2ccc3c(oc4ccccc43)c2-c2ccc(-c3cccc(-c4ccc(-c5ccccc5)cc4)c3)nc2)c1. The van der Waals surface area contributed by atoms with E-state index in [1.54, 1.807) is 24.5 Å². The Labute approximate surface area is 480 Å². The van der Waals surface area contributed by atoms with E-state index in [4.69, 9.17) is 27.6 Å². The number of pyridine rings is 3. The summed E-state index contributed by atoms with van der Waals surface area (Å²) in [7, 11) is 0. The number of hydrogen-bond acceptors (Lipinski definition) is 4. The standard InChI is InChI=1S/C77H53N3O/c1-50-41-73(55-21-8-4-9-22-55)79-48-70(50)66-29-14-12-27-63(66)60-44-61(64-28-13-15-30-67(64)71-49-80-74(42-51(71)2)56-23-10-5-11-24-56)46-62(45-60)65-38-39-69-68-31-16-17-32-75(68)81-77(69)76(65)59-37-40-72(78-47-59)58-26-18-25-57(43-58)54-35-33-53(34-36-54)52-19-6-3-7-20-52/h3-49H,1-2H3/i1D3,2D3. The summed E-state index contributed by atoms with van der Waals surface area (Å²) in [5.41, 5.74) is 19.5. The Morgan fingerprint density at radius 2 is 0.716 bits per heavy atom. The van der Waals surface area contributed by atoms with Gasteiger partial charge in [0, 0.05) is 76.5 Å². The Morgan fingerprint density at radius 1 is 0.272 bits per heavy atom. The van der Waals surface area contributed by atoms with Crippen molar-refractivity contribution in [3.05, 3.63) is 297 Å². The third kappa shape index (κ3) is 9.39. The zero-order valence-electron chi connectivity index (χ0n) is 49.9. The molecule has 0 aliphatic rings. The van der Waals surface area contributed by atoms with Crippen LogP contribution in [-0.2, 0) is 0 Å². The first kappa shape index (κ1) is 42.5. The third-order valence-corrected chi connectivity index (χ3v) is 15.3. The van der Waals surface area contributed by atoms with Gasteiger partial charge in [0.15, 0.2) is 0 Å². The average molecular weight is 1040 g/mol. The predicted molar refractivity (Wildman–Crippen MR) is 336 cm³/mol. The molecule has 81 heavy (non-hydrogen) atoms. The van der Waals surface area contributed by atoms with Crippen LogP contribution in [0, 0.1) is 13.7 Å². The van der Waals surface area contributed by atoms with Gasteiger partial charge in [0.2, 0.25) is 0 Å². The second-order valence-corrected chi connectivity index (χ2v) is 20.3. The van der Waals surface area contributed by atoms with E-state index < -0.39 is 13.7 Å². The number of furan rings is 1. The van der Waals surface area contributed by atoms with Gasteiger partial charge in [-0.1, -0.05) is 212 Å². The molecule has 0 aliphatic heterocycles. The number of benzene rings is 10. The largest absolute Gasteiger partial charge is 0.455 e. The van der Waals surface area contributed by atoms with Gasteiger partial charge in [-0.05, 0) is 146 Å². The molecule has 0 N–H and O–H groups in total. The molecule has 10 aromatic carbocycles. The molecule has 4 aromatic heterocycles. The minimum absolute atomic E-state index is 0.173. The summed E-state index contributed by atoms with van der Waals surface area (Å²) in [6, 6.07) is 88.5. The van der Waals surface area contributed by atoms with Crippen LogP contribution in [0.4, 0.5) is 0 Å². The molecule has 0 atom stereocenters. The van der Waals surface area contributed by atoms with Gasteiger partial charge in [-0.15, -0.1) is 0 Å². The molecule has 14 rings (SSSR count). The van der Waals surface area contributed by atoms with Crippen LogP contribution in [0.5, 0.6) is 0 Å². The molecule has 0 saturated carbocycles. The van der Waals surface area contributed by atoms with E-state index in [1.807, 2.05) is 140 Å². The van der Waals surface area contributed by atoms with Crippen molar-refractivity contribution in [1.82, 2.24) is 15.0 Å². The summed E-state index contributed by atoms with van der Waals surface area (Å²) in [5, 5.41) is 1.92. The van der Waals surface area contributed by atoms with Gasteiger partial charge in [-0.3, -0.25) is 15.0 Å². The first-order valence-electron chi connectivity index (χ1n) is 30.0. The van der Waals surface area contributed by atoms with E-state index in [0.717, 1.165) is 99.9 Å². The quantitative estimate of drug-likeness (QED) is 0.130. The lowest BCUT2D eigenvalue weighted by atomic mass is 9.85. The minimum Gasteiger partial charge on any atom is -0.455 e. The highest BCUT2D eigenvalue weighted by atomic mass is 16.3. The lowest BCUT2D eigenvalue weighted by Gasteiger charge is -2.19. The molecule has 0 unspecified atom stereocenters. The number of para-hydroxylation sites is 1. The van der Waals surface area contributed by atoms with Crippen molar-refractivity contribution in [1.29, 1.82) is 0 Å². The molecule has 0 bridgehead atoms. The molecular weight excluding hydrogens is 983 g/mol. The fourth-order valence-corrected chi connectivity index (χ4v) is 11.3. The normalized spacial score (nSPS) is 12.7. The van der Waals surface area contributed by atoms with Crippen molar-refractivity contribution in [3.63, 3.8) is 0 Å². The topological polar surface area (TPSA) is 51.8 Å². The van der Waals surface area contributed by atoms with Gasteiger partial charge in [-0.25, -0.2) is 0 Å². The lowest BCUT2D eigenvalue weighted by Crippen LogP contribution is -1.95. The summed E-state index contributed by atoms with van der Waals surface area (Å²) in [6.45, 7) is -4.99. The van der Waals surface area contributed by atoms with E-state index in [9.17, 15) is 0 Å². The van der Waals surface area contributed by atoms with Crippen LogP contribution >= 0.6 is 0 Å². The van der Waals surface area contributed by atoms with Crippen molar-refractivity contribution >= 4 is 21.9 Å². The summed E-state index contributed by atoms with van der Waals surface area (Å²) in [6.07, 6.45) is 5.27. The smallest absolute Gasteiger partial charge is 0.143 e. The number of fused-ring (bicyclic) bond motifs is 3. The van der Waals surface area contributed by atoms with Crippen molar-refractivity contribution in [2.24, 2.45) is 0 Å². The van der Waals surface area contributed by atoms with Crippen LogP contribution in [0.3, 0.4) is 0 Å². The first-order chi connectivity index (χ1) is 42.4. The maximum absolute atomic E-state index is 8.92. The molecule has 382 valence electrons. The van der Waals surface area contributed by atoms with Gasteiger partial charge in [0.1, 0.15) is 11.2 Å². The van der Waals surface area contributed by atoms with Crippen molar-refractivity contribution in [2.45, 2.75) is 13.7 Å². The van der Waals surface area contributed by atoms with Crippen molar-refractivity contribution in [2.75, 3.05) is 0 Å². The fraction of sp³-hybridized carbons (Fsp3) is 0.0260. The molecule has 4 heterocycles. The van der Waals surface area contributed by atoms with Gasteiger partial charge in [0.25, 0.3) is 0 Å². The Kier molecular flexibility index (Phi) is 11.0. The molecule has 0 radical (unpaired) electrons. The summed E-state index contributed by atoms with van der Waals surface area (Å²) >= 11 is 0. The number of rotatable bonds is 11. The van der Waals surface area contributed by atoms with Crippen LogP contribution in [0.15, 0.2) is 290 Å². The molecule has 4 heteroatoms. The van der Waals surface area contributed by atoms with Gasteiger partial charge >= 0.3 is 0 Å². The predicted octanol–water partition coefficient (Wildman–Crippen LogP) is 20.7. The molecule has 0 fully saturated rings. The average Bonchev–Trinajstić information content (AvgIpc) is 1.85. The molecule has 0 aliphatic carbocycles. The third-order valence-electron chi connectivity index (χ3n) is 15.3. The first-order valence-corrected chi connectivity index (χ1v) is 27.0. The van der Waals surface area contributed by atoms with Gasteiger partial charge < -0.3 is 4.42 Å². The number of aromatic nitrogens is 3. The molecule has 4 nitrogen and oxygen atoms in total. The zero-order chi connectivity index (χ0) is 59.2. The van der Waals surface area contributed by atoms with E-state index in [-0.39, 0.29) is 11.1 Å². The second kappa shape index (κ2) is 21.0. The van der Waals surface area contributed by atoms with E-state index in [1.165, 1.54) is 5.56 Å². The Balaban J connectivity index is 0.961. The highest BCUT2D eigenvalue weighted by Crippen LogP contribution is 2.47. The van der Waals surface area contributed by atoms with Crippen LogP contribution in [-0.4, -0.2) is 15.0 Å². The van der Waals surface area contributed by atoms with Crippen LogP contribution < -0.4 is 0 Å². The monoisotopic (exact) mass is 1040 g/mol. The maximum Gasteiger partial charge on any atom is 0.143 e. The molecular formula is C77H53N3O. The Bertz CT molecular complexity index is 4700. The number of hydrogen-bond donors (Lipinski definition) is 0. The molecule has 0 saturated heterocycles. The number of nitrogens with zero attached hydrogens (tertiary/aromatic N) is 3. The summed E-state index contributed by atoms with van der Waals surface area (Å²) in [5.74, 6) is 0.